The minimum atomic E-state index is -0.275. The van der Waals surface area contributed by atoms with Gasteiger partial charge in [-0.05, 0) is 42.5 Å². The summed E-state index contributed by atoms with van der Waals surface area (Å²) in [5, 5.41) is 2.96. The normalized spacial score (nSPS) is 16.9. The molecule has 0 bridgehead atoms. The molecule has 1 N–H and O–H groups in total. The van der Waals surface area contributed by atoms with Crippen molar-refractivity contribution in [2.24, 2.45) is 5.92 Å². The summed E-state index contributed by atoms with van der Waals surface area (Å²) in [4.78, 5) is 27.5. The first-order valence-corrected chi connectivity index (χ1v) is 9.66. The zero-order chi connectivity index (χ0) is 17.6. The van der Waals surface area contributed by atoms with E-state index in [4.69, 9.17) is 0 Å². The highest BCUT2D eigenvalue weighted by molar-refractivity contribution is 7.98. The van der Waals surface area contributed by atoms with Gasteiger partial charge in [-0.3, -0.25) is 9.59 Å². The van der Waals surface area contributed by atoms with Crippen molar-refractivity contribution < 1.29 is 9.59 Å². The largest absolute Gasteiger partial charge is 0.355 e. The molecule has 130 valence electrons. The SMILES string of the molecule is CSc1ccc(N2C[C@H](C(=O)NCCc3ccccc3)CC2=O)cc1. The summed E-state index contributed by atoms with van der Waals surface area (Å²) in [5.74, 6) is -0.295. The highest BCUT2D eigenvalue weighted by atomic mass is 32.2. The molecule has 2 aromatic rings. The second kappa shape index (κ2) is 8.21. The summed E-state index contributed by atoms with van der Waals surface area (Å²) in [5.41, 5.74) is 2.06. The molecular weight excluding hydrogens is 332 g/mol. The van der Waals surface area contributed by atoms with Gasteiger partial charge in [0.05, 0.1) is 5.92 Å². The standard InChI is InChI=1S/C20H22N2O2S/c1-25-18-9-7-17(8-10-18)22-14-16(13-19(22)23)20(24)21-12-11-15-5-3-2-4-6-15/h2-10,16H,11-14H2,1H3,(H,21,24)/t16-/m1/s1. The molecule has 2 amide bonds. The van der Waals surface area contributed by atoms with Crippen LogP contribution in [0, 0.1) is 5.92 Å². The third kappa shape index (κ3) is 4.42. The second-order valence-electron chi connectivity index (χ2n) is 6.13. The van der Waals surface area contributed by atoms with Crippen LogP contribution >= 0.6 is 11.8 Å². The highest BCUT2D eigenvalue weighted by Crippen LogP contribution is 2.27. The Morgan fingerprint density at radius 3 is 2.56 bits per heavy atom. The lowest BCUT2D eigenvalue weighted by Crippen LogP contribution is -2.34. The summed E-state index contributed by atoms with van der Waals surface area (Å²) in [6, 6.07) is 17.9. The predicted molar refractivity (Wildman–Crippen MR) is 102 cm³/mol. The number of carbonyl (C=O) groups is 2. The minimum Gasteiger partial charge on any atom is -0.355 e. The summed E-state index contributed by atoms with van der Waals surface area (Å²) < 4.78 is 0. The van der Waals surface area contributed by atoms with E-state index < -0.39 is 0 Å². The molecule has 1 heterocycles. The van der Waals surface area contributed by atoms with Crippen molar-refractivity contribution in [3.8, 4) is 0 Å². The zero-order valence-electron chi connectivity index (χ0n) is 14.3. The quantitative estimate of drug-likeness (QED) is 0.811. The van der Waals surface area contributed by atoms with Crippen LogP contribution in [0.1, 0.15) is 12.0 Å². The van der Waals surface area contributed by atoms with Gasteiger partial charge < -0.3 is 10.2 Å². The molecule has 1 saturated heterocycles. The summed E-state index contributed by atoms with van der Waals surface area (Å²) in [7, 11) is 0. The Morgan fingerprint density at radius 1 is 1.16 bits per heavy atom. The van der Waals surface area contributed by atoms with Gasteiger partial charge in [0, 0.05) is 30.1 Å². The molecule has 0 unspecified atom stereocenters. The Balaban J connectivity index is 1.53. The van der Waals surface area contributed by atoms with Gasteiger partial charge in [0.1, 0.15) is 0 Å². The molecule has 0 aromatic heterocycles. The van der Waals surface area contributed by atoms with Gasteiger partial charge in [-0.2, -0.15) is 0 Å². The van der Waals surface area contributed by atoms with Crippen LogP contribution in [0.3, 0.4) is 0 Å². The Hall–Kier alpha value is -2.27. The number of amides is 2. The number of nitrogens with one attached hydrogen (secondary N) is 1. The number of rotatable bonds is 6. The molecule has 4 nitrogen and oxygen atoms in total. The average molecular weight is 354 g/mol. The maximum absolute atomic E-state index is 12.4. The van der Waals surface area contributed by atoms with E-state index in [0.717, 1.165) is 17.0 Å². The third-order valence-corrected chi connectivity index (χ3v) is 5.18. The van der Waals surface area contributed by atoms with Gasteiger partial charge in [-0.25, -0.2) is 0 Å². The number of anilines is 1. The lowest BCUT2D eigenvalue weighted by molar-refractivity contribution is -0.126. The maximum Gasteiger partial charge on any atom is 0.227 e. The van der Waals surface area contributed by atoms with Crippen LogP contribution in [-0.4, -0.2) is 31.2 Å². The number of hydrogen-bond donors (Lipinski definition) is 1. The Labute approximate surface area is 152 Å². The van der Waals surface area contributed by atoms with Crippen LogP contribution in [-0.2, 0) is 16.0 Å². The van der Waals surface area contributed by atoms with Crippen molar-refractivity contribution in [2.75, 3.05) is 24.2 Å². The van der Waals surface area contributed by atoms with Crippen LogP contribution in [0.5, 0.6) is 0 Å². The van der Waals surface area contributed by atoms with Crippen LogP contribution in [0.2, 0.25) is 0 Å². The summed E-state index contributed by atoms with van der Waals surface area (Å²) in [6.07, 6.45) is 3.10. The first kappa shape index (κ1) is 17.5. The smallest absolute Gasteiger partial charge is 0.227 e. The van der Waals surface area contributed by atoms with E-state index in [1.54, 1.807) is 16.7 Å². The molecule has 3 rings (SSSR count). The first-order valence-electron chi connectivity index (χ1n) is 8.43. The molecule has 0 aliphatic carbocycles. The molecule has 1 aliphatic rings. The lowest BCUT2D eigenvalue weighted by Gasteiger charge is -2.17. The fraction of sp³-hybridized carbons (Fsp3) is 0.300. The fourth-order valence-electron chi connectivity index (χ4n) is 3.01. The van der Waals surface area contributed by atoms with Crippen molar-refractivity contribution in [3.63, 3.8) is 0 Å². The van der Waals surface area contributed by atoms with Gasteiger partial charge in [-0.15, -0.1) is 11.8 Å². The van der Waals surface area contributed by atoms with Crippen LogP contribution < -0.4 is 10.2 Å². The number of nitrogens with zero attached hydrogens (tertiary/aromatic N) is 1. The van der Waals surface area contributed by atoms with Gasteiger partial charge in [-0.1, -0.05) is 30.3 Å². The van der Waals surface area contributed by atoms with Gasteiger partial charge in [0.25, 0.3) is 0 Å². The monoisotopic (exact) mass is 354 g/mol. The van der Waals surface area contributed by atoms with Crippen LogP contribution in [0.4, 0.5) is 5.69 Å². The van der Waals surface area contributed by atoms with Gasteiger partial charge in [0.15, 0.2) is 0 Å². The molecular formula is C20H22N2O2S. The molecule has 0 radical (unpaired) electrons. The molecule has 25 heavy (non-hydrogen) atoms. The maximum atomic E-state index is 12.4. The molecule has 2 aromatic carbocycles. The van der Waals surface area contributed by atoms with E-state index in [2.05, 4.69) is 5.32 Å². The van der Waals surface area contributed by atoms with Crippen molar-refractivity contribution in [3.05, 3.63) is 60.2 Å². The number of thioether (sulfide) groups is 1. The Kier molecular flexibility index (Phi) is 5.76. The number of carbonyl (C=O) groups excluding carboxylic acids is 2. The molecule has 1 fully saturated rings. The van der Waals surface area contributed by atoms with Crippen molar-refractivity contribution in [1.29, 1.82) is 0 Å². The molecule has 5 heteroatoms. The number of hydrogen-bond acceptors (Lipinski definition) is 3. The average Bonchev–Trinajstić information content (AvgIpc) is 3.04. The molecule has 0 spiro atoms. The Morgan fingerprint density at radius 2 is 1.88 bits per heavy atom. The summed E-state index contributed by atoms with van der Waals surface area (Å²) >= 11 is 1.67. The second-order valence-corrected chi connectivity index (χ2v) is 7.01. The van der Waals surface area contributed by atoms with Gasteiger partial charge >= 0.3 is 0 Å². The van der Waals surface area contributed by atoms with E-state index in [0.29, 0.717) is 13.1 Å². The molecule has 0 saturated carbocycles. The van der Waals surface area contributed by atoms with E-state index in [1.165, 1.54) is 5.56 Å². The van der Waals surface area contributed by atoms with E-state index in [1.807, 2.05) is 60.9 Å². The minimum absolute atomic E-state index is 0.0140. The summed E-state index contributed by atoms with van der Waals surface area (Å²) in [6.45, 7) is 1.05. The van der Waals surface area contributed by atoms with E-state index in [9.17, 15) is 9.59 Å². The number of benzene rings is 2. The first-order chi connectivity index (χ1) is 12.2. The van der Waals surface area contributed by atoms with E-state index >= 15 is 0 Å². The highest BCUT2D eigenvalue weighted by Gasteiger charge is 2.34. The van der Waals surface area contributed by atoms with Crippen molar-refractivity contribution in [2.45, 2.75) is 17.7 Å². The zero-order valence-corrected chi connectivity index (χ0v) is 15.1. The van der Waals surface area contributed by atoms with E-state index in [-0.39, 0.29) is 24.2 Å². The van der Waals surface area contributed by atoms with Crippen molar-refractivity contribution in [1.82, 2.24) is 5.32 Å². The molecule has 1 atom stereocenters. The van der Waals surface area contributed by atoms with Crippen molar-refractivity contribution >= 4 is 29.3 Å². The predicted octanol–water partition coefficient (Wildman–Crippen LogP) is 3.12. The van der Waals surface area contributed by atoms with Gasteiger partial charge in [0.2, 0.25) is 11.8 Å². The Bertz CT molecular complexity index is 731. The third-order valence-electron chi connectivity index (χ3n) is 4.44. The fourth-order valence-corrected chi connectivity index (χ4v) is 3.42. The van der Waals surface area contributed by atoms with Crippen LogP contribution in [0.15, 0.2) is 59.5 Å². The van der Waals surface area contributed by atoms with Crippen LogP contribution in [0.25, 0.3) is 0 Å². The lowest BCUT2D eigenvalue weighted by atomic mass is 10.1. The topological polar surface area (TPSA) is 49.4 Å². The molecule has 1 aliphatic heterocycles.